The summed E-state index contributed by atoms with van der Waals surface area (Å²) in [7, 11) is 0.230. The molecular formula is C11H17P. The van der Waals surface area contributed by atoms with Crippen LogP contribution in [0.5, 0.6) is 0 Å². The number of rotatable bonds is 1. The highest BCUT2D eigenvalue weighted by Gasteiger charge is 2.32. The van der Waals surface area contributed by atoms with Crippen LogP contribution in [-0.4, -0.2) is 11.3 Å². The zero-order valence-corrected chi connectivity index (χ0v) is 8.85. The molecule has 2 rings (SSSR count). The lowest BCUT2D eigenvalue weighted by Gasteiger charge is -2.22. The lowest BCUT2D eigenvalue weighted by Crippen LogP contribution is -1.97. The second kappa shape index (κ2) is 3.34. The van der Waals surface area contributed by atoms with Crippen LogP contribution in [0.3, 0.4) is 0 Å². The molecule has 0 spiro atoms. The van der Waals surface area contributed by atoms with Crippen molar-refractivity contribution in [3.8, 4) is 0 Å². The van der Waals surface area contributed by atoms with Crippen LogP contribution in [0.1, 0.15) is 33.1 Å². The molecule has 0 amide bonds. The van der Waals surface area contributed by atoms with E-state index in [1.165, 1.54) is 19.3 Å². The van der Waals surface area contributed by atoms with Gasteiger partial charge in [-0.05, 0) is 35.9 Å². The molecule has 0 radical (unpaired) electrons. The highest BCUT2D eigenvalue weighted by molar-refractivity contribution is 7.63. The van der Waals surface area contributed by atoms with Gasteiger partial charge < -0.3 is 0 Å². The highest BCUT2D eigenvalue weighted by Crippen LogP contribution is 2.62. The Balaban J connectivity index is 2.11. The van der Waals surface area contributed by atoms with E-state index < -0.39 is 0 Å². The third-order valence-electron chi connectivity index (χ3n) is 3.04. The average Bonchev–Trinajstić information content (AvgIpc) is 2.61. The van der Waals surface area contributed by atoms with Gasteiger partial charge >= 0.3 is 0 Å². The molecule has 0 aromatic carbocycles. The summed E-state index contributed by atoms with van der Waals surface area (Å²) in [5, 5.41) is 1.75. The molecule has 66 valence electrons. The molecule has 0 unspecified atom stereocenters. The first-order chi connectivity index (χ1) is 5.79. The van der Waals surface area contributed by atoms with Crippen LogP contribution >= 0.6 is 7.92 Å². The molecule has 1 aliphatic heterocycles. The second-order valence-electron chi connectivity index (χ2n) is 3.97. The standard InChI is InChI=1S/C11H17P/c1-9-7-8-10(2)12(9)11-5-3-4-6-11/h3-5,9-10H,6-8H2,1-2H3/t9-,10-/m1/s1. The zero-order chi connectivity index (χ0) is 8.55. The second-order valence-corrected chi connectivity index (χ2v) is 7.13. The number of hydrogen-bond acceptors (Lipinski definition) is 0. The Bertz CT molecular complexity index is 217. The van der Waals surface area contributed by atoms with Crippen molar-refractivity contribution in [3.05, 3.63) is 23.5 Å². The normalized spacial score (nSPS) is 36.0. The minimum atomic E-state index is 0.230. The molecule has 0 N–H and O–H groups in total. The Hall–Kier alpha value is -0.0900. The fraction of sp³-hybridized carbons (Fsp3) is 0.636. The molecule has 0 nitrogen and oxygen atoms in total. The van der Waals surface area contributed by atoms with Gasteiger partial charge in [-0.25, -0.2) is 0 Å². The molecule has 1 saturated heterocycles. The van der Waals surface area contributed by atoms with E-state index >= 15 is 0 Å². The van der Waals surface area contributed by atoms with Gasteiger partial charge in [-0.1, -0.05) is 40.0 Å². The van der Waals surface area contributed by atoms with E-state index in [0.717, 1.165) is 11.3 Å². The number of hydrogen-bond donors (Lipinski definition) is 0. The molecular weight excluding hydrogens is 163 g/mol. The first-order valence-electron chi connectivity index (χ1n) is 4.93. The minimum Gasteiger partial charge on any atom is -0.0801 e. The quantitative estimate of drug-likeness (QED) is 0.537. The van der Waals surface area contributed by atoms with Gasteiger partial charge in [-0.2, -0.15) is 0 Å². The van der Waals surface area contributed by atoms with Crippen LogP contribution < -0.4 is 0 Å². The van der Waals surface area contributed by atoms with Crippen molar-refractivity contribution in [2.24, 2.45) is 0 Å². The van der Waals surface area contributed by atoms with Gasteiger partial charge in [0.25, 0.3) is 0 Å². The highest BCUT2D eigenvalue weighted by atomic mass is 31.1. The predicted octanol–water partition coefficient (Wildman–Crippen LogP) is 3.88. The summed E-state index contributed by atoms with van der Waals surface area (Å²) in [5.41, 5.74) is 1.97. The largest absolute Gasteiger partial charge is 0.0801 e. The van der Waals surface area contributed by atoms with E-state index in [9.17, 15) is 0 Å². The average molecular weight is 180 g/mol. The Labute approximate surface area is 76.5 Å². The van der Waals surface area contributed by atoms with Gasteiger partial charge in [-0.3, -0.25) is 0 Å². The van der Waals surface area contributed by atoms with Crippen LogP contribution in [0.4, 0.5) is 0 Å². The molecule has 0 saturated carbocycles. The van der Waals surface area contributed by atoms with Gasteiger partial charge in [0, 0.05) is 0 Å². The maximum absolute atomic E-state index is 2.44. The fourth-order valence-corrected chi connectivity index (χ4v) is 5.82. The molecule has 0 aromatic heterocycles. The van der Waals surface area contributed by atoms with Crippen LogP contribution in [0.15, 0.2) is 23.5 Å². The van der Waals surface area contributed by atoms with E-state index in [0.29, 0.717) is 0 Å². The molecule has 2 aliphatic rings. The molecule has 0 bridgehead atoms. The van der Waals surface area contributed by atoms with Crippen LogP contribution in [-0.2, 0) is 0 Å². The van der Waals surface area contributed by atoms with Crippen molar-refractivity contribution in [2.45, 2.75) is 44.4 Å². The van der Waals surface area contributed by atoms with Crippen molar-refractivity contribution in [2.75, 3.05) is 0 Å². The van der Waals surface area contributed by atoms with E-state index in [1.54, 1.807) is 5.31 Å². The van der Waals surface area contributed by atoms with E-state index in [1.807, 2.05) is 0 Å². The van der Waals surface area contributed by atoms with E-state index in [2.05, 4.69) is 32.1 Å². The van der Waals surface area contributed by atoms with Gasteiger partial charge in [0.05, 0.1) is 0 Å². The summed E-state index contributed by atoms with van der Waals surface area (Å²) in [6.07, 6.45) is 11.1. The summed E-state index contributed by atoms with van der Waals surface area (Å²) < 4.78 is 0. The summed E-state index contributed by atoms with van der Waals surface area (Å²) in [6.45, 7) is 4.88. The third kappa shape index (κ3) is 1.38. The fourth-order valence-electron chi connectivity index (χ4n) is 2.39. The summed E-state index contributed by atoms with van der Waals surface area (Å²) in [5.74, 6) is 0. The molecule has 1 heteroatoms. The Kier molecular flexibility index (Phi) is 2.37. The van der Waals surface area contributed by atoms with Crippen molar-refractivity contribution in [1.29, 1.82) is 0 Å². The Morgan fingerprint density at radius 1 is 1.25 bits per heavy atom. The van der Waals surface area contributed by atoms with E-state index in [4.69, 9.17) is 0 Å². The lowest BCUT2D eigenvalue weighted by atomic mass is 10.2. The van der Waals surface area contributed by atoms with Crippen molar-refractivity contribution in [3.63, 3.8) is 0 Å². The van der Waals surface area contributed by atoms with Gasteiger partial charge in [0.15, 0.2) is 0 Å². The first kappa shape index (κ1) is 8.51. The van der Waals surface area contributed by atoms with Crippen molar-refractivity contribution < 1.29 is 0 Å². The summed E-state index contributed by atoms with van der Waals surface area (Å²) >= 11 is 0. The SMILES string of the molecule is C[C@@H]1CC[C@@H](C)P1C1=CC=CC1. The monoisotopic (exact) mass is 180 g/mol. The maximum Gasteiger partial charge on any atom is -0.00897 e. The summed E-state index contributed by atoms with van der Waals surface area (Å²) in [4.78, 5) is 0. The van der Waals surface area contributed by atoms with Crippen LogP contribution in [0, 0.1) is 0 Å². The van der Waals surface area contributed by atoms with Crippen LogP contribution in [0.25, 0.3) is 0 Å². The first-order valence-corrected chi connectivity index (χ1v) is 6.41. The smallest absolute Gasteiger partial charge is 0.00897 e. The molecule has 0 aromatic rings. The molecule has 1 fully saturated rings. The topological polar surface area (TPSA) is 0 Å². The lowest BCUT2D eigenvalue weighted by molar-refractivity contribution is 0.777. The van der Waals surface area contributed by atoms with Gasteiger partial charge in [0.2, 0.25) is 0 Å². The van der Waals surface area contributed by atoms with Crippen molar-refractivity contribution >= 4 is 7.92 Å². The summed E-state index contributed by atoms with van der Waals surface area (Å²) in [6, 6.07) is 0. The van der Waals surface area contributed by atoms with Crippen LogP contribution in [0.2, 0.25) is 0 Å². The molecule has 12 heavy (non-hydrogen) atoms. The minimum absolute atomic E-state index is 0.230. The molecule has 2 atom stereocenters. The molecule has 1 heterocycles. The molecule has 1 aliphatic carbocycles. The maximum atomic E-state index is 2.44. The van der Waals surface area contributed by atoms with E-state index in [-0.39, 0.29) is 7.92 Å². The number of allylic oxidation sites excluding steroid dienone is 4. The Morgan fingerprint density at radius 2 is 1.92 bits per heavy atom. The zero-order valence-electron chi connectivity index (χ0n) is 7.96. The Morgan fingerprint density at radius 3 is 2.42 bits per heavy atom. The van der Waals surface area contributed by atoms with Gasteiger partial charge in [-0.15, -0.1) is 0 Å². The van der Waals surface area contributed by atoms with Gasteiger partial charge in [0.1, 0.15) is 0 Å². The third-order valence-corrected chi connectivity index (χ3v) is 6.45. The predicted molar refractivity (Wildman–Crippen MR) is 56.9 cm³/mol. The van der Waals surface area contributed by atoms with Crippen molar-refractivity contribution in [1.82, 2.24) is 0 Å².